The summed E-state index contributed by atoms with van der Waals surface area (Å²) in [6.45, 7) is 7.18. The summed E-state index contributed by atoms with van der Waals surface area (Å²) in [5, 5.41) is 4.07. The fourth-order valence-electron chi connectivity index (χ4n) is 3.89. The van der Waals surface area contributed by atoms with Crippen LogP contribution in [0.15, 0.2) is 42.7 Å². The monoisotopic (exact) mass is 362 g/mol. The van der Waals surface area contributed by atoms with Gasteiger partial charge in [-0.25, -0.2) is 0 Å². The van der Waals surface area contributed by atoms with Crippen LogP contribution in [0.1, 0.15) is 40.0 Å². The van der Waals surface area contributed by atoms with E-state index in [1.807, 2.05) is 18.3 Å². The topological polar surface area (TPSA) is 61.0 Å². The van der Waals surface area contributed by atoms with Crippen molar-refractivity contribution in [3.8, 4) is 0 Å². The summed E-state index contributed by atoms with van der Waals surface area (Å²) in [5.41, 5.74) is 5.44. The van der Waals surface area contributed by atoms with Gasteiger partial charge in [0.25, 0.3) is 5.91 Å². The molecule has 2 N–H and O–H groups in total. The van der Waals surface area contributed by atoms with Crippen molar-refractivity contribution in [3.05, 3.63) is 65.1 Å². The molecule has 1 aromatic carbocycles. The van der Waals surface area contributed by atoms with Gasteiger partial charge in [0, 0.05) is 42.4 Å². The summed E-state index contributed by atoms with van der Waals surface area (Å²) in [6.07, 6.45) is 5.63. The van der Waals surface area contributed by atoms with E-state index in [2.05, 4.69) is 52.2 Å². The third-order valence-electron chi connectivity index (χ3n) is 5.51. The van der Waals surface area contributed by atoms with Gasteiger partial charge in [0.2, 0.25) is 0 Å². The molecular weight excluding hydrogens is 336 g/mol. The molecule has 5 heteroatoms. The van der Waals surface area contributed by atoms with E-state index in [1.54, 1.807) is 6.20 Å². The molecule has 0 radical (unpaired) electrons. The Labute approximate surface area is 159 Å². The first-order valence-corrected chi connectivity index (χ1v) is 9.61. The smallest absolute Gasteiger partial charge is 0.270 e. The number of aryl methyl sites for hydroxylation is 2. The molecule has 27 heavy (non-hydrogen) atoms. The molecule has 1 fully saturated rings. The minimum Gasteiger partial charge on any atom is -0.361 e. The first-order chi connectivity index (χ1) is 13.1. The molecule has 3 aromatic rings. The number of carbonyl (C=O) groups is 1. The Morgan fingerprint density at radius 1 is 1.26 bits per heavy atom. The lowest BCUT2D eigenvalue weighted by Crippen LogP contribution is -2.47. The number of benzene rings is 1. The molecule has 1 unspecified atom stereocenters. The maximum absolute atomic E-state index is 12.8. The number of aromatic nitrogens is 2. The number of carbonyl (C=O) groups excluding carboxylic acids is 1. The number of hydrogen-bond donors (Lipinski definition) is 2. The van der Waals surface area contributed by atoms with Crippen molar-refractivity contribution >= 4 is 16.8 Å². The molecule has 1 aliphatic rings. The van der Waals surface area contributed by atoms with Gasteiger partial charge in [0.1, 0.15) is 5.69 Å². The second kappa shape index (κ2) is 7.53. The molecular formula is C22H26N4O. The van der Waals surface area contributed by atoms with Gasteiger partial charge >= 0.3 is 0 Å². The molecule has 1 aliphatic heterocycles. The van der Waals surface area contributed by atoms with Crippen LogP contribution in [0.2, 0.25) is 0 Å². The SMILES string of the molecule is Cc1ccc(CN2CCCC(NC(=O)c3nccc4[nH]ccc34)C2)cc1C. The second-order valence-electron chi connectivity index (χ2n) is 7.56. The van der Waals surface area contributed by atoms with E-state index in [9.17, 15) is 4.79 Å². The quantitative estimate of drug-likeness (QED) is 0.746. The van der Waals surface area contributed by atoms with Crippen LogP contribution >= 0.6 is 0 Å². The average Bonchev–Trinajstić information content (AvgIpc) is 3.14. The van der Waals surface area contributed by atoms with Gasteiger partial charge in [0.15, 0.2) is 0 Å². The summed E-state index contributed by atoms with van der Waals surface area (Å²) < 4.78 is 0. The fourth-order valence-corrected chi connectivity index (χ4v) is 3.89. The van der Waals surface area contributed by atoms with Crippen LogP contribution in [0.4, 0.5) is 0 Å². The van der Waals surface area contributed by atoms with Gasteiger partial charge < -0.3 is 10.3 Å². The standard InChI is InChI=1S/C22H26N4O/c1-15-5-6-17(12-16(15)2)13-26-11-3-4-18(14-26)25-22(27)21-19-7-9-23-20(19)8-10-24-21/h5-10,12,18,23H,3-4,11,13-14H2,1-2H3,(H,25,27). The summed E-state index contributed by atoms with van der Waals surface area (Å²) in [6, 6.07) is 10.6. The van der Waals surface area contributed by atoms with Crippen molar-refractivity contribution in [1.29, 1.82) is 0 Å². The molecule has 1 saturated heterocycles. The number of pyridine rings is 1. The lowest BCUT2D eigenvalue weighted by molar-refractivity contribution is 0.0897. The molecule has 1 atom stereocenters. The molecule has 1 amide bonds. The molecule has 0 saturated carbocycles. The highest BCUT2D eigenvalue weighted by atomic mass is 16.2. The Kier molecular flexibility index (Phi) is 4.94. The highest BCUT2D eigenvalue weighted by Crippen LogP contribution is 2.18. The van der Waals surface area contributed by atoms with Crippen molar-refractivity contribution in [2.45, 2.75) is 39.3 Å². The van der Waals surface area contributed by atoms with Gasteiger partial charge in [-0.3, -0.25) is 14.7 Å². The number of likely N-dealkylation sites (tertiary alicyclic amines) is 1. The Bertz CT molecular complexity index is 962. The van der Waals surface area contributed by atoms with Gasteiger partial charge in [-0.2, -0.15) is 0 Å². The summed E-state index contributed by atoms with van der Waals surface area (Å²) in [5.74, 6) is -0.0850. The normalized spacial score (nSPS) is 17.9. The van der Waals surface area contributed by atoms with Gasteiger partial charge in [-0.1, -0.05) is 18.2 Å². The van der Waals surface area contributed by atoms with Crippen LogP contribution in [-0.2, 0) is 6.54 Å². The highest BCUT2D eigenvalue weighted by molar-refractivity contribution is 6.04. The predicted octanol–water partition coefficient (Wildman–Crippen LogP) is 3.57. The number of piperidine rings is 1. The number of fused-ring (bicyclic) bond motifs is 1. The molecule has 0 bridgehead atoms. The first-order valence-electron chi connectivity index (χ1n) is 9.61. The molecule has 0 aliphatic carbocycles. The molecule has 0 spiro atoms. The van der Waals surface area contributed by atoms with E-state index in [0.29, 0.717) is 5.69 Å². The van der Waals surface area contributed by atoms with E-state index < -0.39 is 0 Å². The van der Waals surface area contributed by atoms with Crippen LogP contribution in [0.5, 0.6) is 0 Å². The van der Waals surface area contributed by atoms with Crippen LogP contribution in [0.25, 0.3) is 10.9 Å². The lowest BCUT2D eigenvalue weighted by atomic mass is 10.0. The highest BCUT2D eigenvalue weighted by Gasteiger charge is 2.23. The van der Waals surface area contributed by atoms with Crippen molar-refractivity contribution < 1.29 is 4.79 Å². The zero-order chi connectivity index (χ0) is 18.8. The number of hydrogen-bond acceptors (Lipinski definition) is 3. The summed E-state index contributed by atoms with van der Waals surface area (Å²) in [4.78, 5) is 22.6. The Balaban J connectivity index is 1.41. The number of nitrogens with one attached hydrogen (secondary N) is 2. The van der Waals surface area contributed by atoms with Gasteiger partial charge in [-0.15, -0.1) is 0 Å². The maximum Gasteiger partial charge on any atom is 0.270 e. The maximum atomic E-state index is 12.8. The minimum atomic E-state index is -0.0850. The number of aromatic amines is 1. The molecule has 3 heterocycles. The largest absolute Gasteiger partial charge is 0.361 e. The van der Waals surface area contributed by atoms with E-state index >= 15 is 0 Å². The van der Waals surface area contributed by atoms with Crippen LogP contribution < -0.4 is 5.32 Å². The van der Waals surface area contributed by atoms with E-state index in [1.165, 1.54) is 16.7 Å². The summed E-state index contributed by atoms with van der Waals surface area (Å²) >= 11 is 0. The second-order valence-corrected chi connectivity index (χ2v) is 7.56. The number of amides is 1. The van der Waals surface area contributed by atoms with Gasteiger partial charge in [0.05, 0.1) is 0 Å². The fraction of sp³-hybridized carbons (Fsp3) is 0.364. The molecule has 5 nitrogen and oxygen atoms in total. The predicted molar refractivity (Wildman–Crippen MR) is 108 cm³/mol. The van der Waals surface area contributed by atoms with Crippen molar-refractivity contribution in [2.24, 2.45) is 0 Å². The van der Waals surface area contributed by atoms with Crippen LogP contribution in [0, 0.1) is 13.8 Å². The first kappa shape index (κ1) is 17.7. The molecule has 4 rings (SSSR count). The lowest BCUT2D eigenvalue weighted by Gasteiger charge is -2.33. The zero-order valence-corrected chi connectivity index (χ0v) is 16.0. The van der Waals surface area contributed by atoms with E-state index in [4.69, 9.17) is 0 Å². The van der Waals surface area contributed by atoms with Crippen molar-refractivity contribution in [1.82, 2.24) is 20.2 Å². The van der Waals surface area contributed by atoms with E-state index in [-0.39, 0.29) is 11.9 Å². The Morgan fingerprint density at radius 3 is 3.00 bits per heavy atom. The average molecular weight is 362 g/mol. The third kappa shape index (κ3) is 3.88. The third-order valence-corrected chi connectivity index (χ3v) is 5.51. The minimum absolute atomic E-state index is 0.0850. The van der Waals surface area contributed by atoms with Crippen LogP contribution in [0.3, 0.4) is 0 Å². The van der Waals surface area contributed by atoms with Gasteiger partial charge in [-0.05, 0) is 62.1 Å². The number of H-pyrrole nitrogens is 1. The summed E-state index contributed by atoms with van der Waals surface area (Å²) in [7, 11) is 0. The number of nitrogens with zero attached hydrogens (tertiary/aromatic N) is 2. The number of rotatable bonds is 4. The van der Waals surface area contributed by atoms with Crippen molar-refractivity contribution in [3.63, 3.8) is 0 Å². The zero-order valence-electron chi connectivity index (χ0n) is 16.0. The molecule has 140 valence electrons. The molecule has 2 aromatic heterocycles. The van der Waals surface area contributed by atoms with Crippen LogP contribution in [-0.4, -0.2) is 39.9 Å². The van der Waals surface area contributed by atoms with Crippen molar-refractivity contribution in [2.75, 3.05) is 13.1 Å². The van der Waals surface area contributed by atoms with E-state index in [0.717, 1.165) is 43.4 Å². The Morgan fingerprint density at radius 2 is 2.15 bits per heavy atom. The Hall–Kier alpha value is -2.66.